The van der Waals surface area contributed by atoms with Gasteiger partial charge in [-0.15, -0.1) is 0 Å². The third-order valence-electron chi connectivity index (χ3n) is 1.76. The molecule has 1 heterocycles. The Hall–Kier alpha value is -0.610. The average Bonchev–Trinajstić information content (AvgIpc) is 1.82. The first-order valence-corrected chi connectivity index (χ1v) is 2.76. The Morgan fingerprint density at radius 2 is 2.44 bits per heavy atom. The summed E-state index contributed by atoms with van der Waals surface area (Å²) in [4.78, 5) is 10.2. The third-order valence-corrected chi connectivity index (χ3v) is 1.76. The number of hydrogen-bond donors (Lipinski definition) is 3. The van der Waals surface area contributed by atoms with Crippen LogP contribution in [0.2, 0.25) is 0 Å². The molecule has 0 saturated carbocycles. The van der Waals surface area contributed by atoms with E-state index in [9.17, 15) is 4.79 Å². The quantitative estimate of drug-likeness (QED) is 0.418. The number of aliphatic carboxylic acids is 1. The zero-order valence-corrected chi connectivity index (χ0v) is 5.09. The fourth-order valence-corrected chi connectivity index (χ4v) is 0.760. The van der Waals surface area contributed by atoms with Crippen LogP contribution in [0.15, 0.2) is 0 Å². The summed E-state index contributed by atoms with van der Waals surface area (Å²) in [6.07, 6.45) is 0. The first-order valence-electron chi connectivity index (χ1n) is 2.76. The van der Waals surface area contributed by atoms with Gasteiger partial charge in [0, 0.05) is 12.6 Å². The monoisotopic (exact) mass is 131 g/mol. The molecule has 0 aliphatic carbocycles. The number of β-amino-alcohol motifs (C(OH)–C–C–N with tert-alkyl or cyclic N) is 1. The summed E-state index contributed by atoms with van der Waals surface area (Å²) in [5.41, 5.74) is -1.51. The molecule has 4 heteroatoms. The standard InChI is InChI=1S/C5H9NO3/c1-3-5(9,2-6-3)4(7)8/h3,6,9H,2H2,1H3,(H,7,8). The van der Waals surface area contributed by atoms with E-state index in [1.165, 1.54) is 0 Å². The van der Waals surface area contributed by atoms with Crippen molar-refractivity contribution in [2.75, 3.05) is 6.54 Å². The number of aliphatic hydroxyl groups is 1. The molecule has 0 amide bonds. The fourth-order valence-electron chi connectivity index (χ4n) is 0.760. The minimum Gasteiger partial charge on any atom is -0.479 e. The maximum atomic E-state index is 10.2. The lowest BCUT2D eigenvalue weighted by Gasteiger charge is -2.40. The van der Waals surface area contributed by atoms with Crippen molar-refractivity contribution in [2.24, 2.45) is 0 Å². The predicted molar refractivity (Wildman–Crippen MR) is 30.1 cm³/mol. The fraction of sp³-hybridized carbons (Fsp3) is 0.800. The van der Waals surface area contributed by atoms with Crippen LogP contribution in [0.3, 0.4) is 0 Å². The first-order chi connectivity index (χ1) is 4.07. The SMILES string of the molecule is CC1NCC1(O)C(=O)O. The van der Waals surface area contributed by atoms with Crippen LogP contribution in [-0.4, -0.2) is 34.4 Å². The number of carboxylic acids is 1. The normalized spacial score (nSPS) is 41.8. The second-order valence-electron chi connectivity index (χ2n) is 2.33. The summed E-state index contributed by atoms with van der Waals surface area (Å²) in [5, 5.41) is 20.2. The van der Waals surface area contributed by atoms with Crippen LogP contribution in [0.1, 0.15) is 6.92 Å². The Morgan fingerprint density at radius 1 is 1.89 bits per heavy atom. The lowest BCUT2D eigenvalue weighted by molar-refractivity contribution is -0.169. The van der Waals surface area contributed by atoms with E-state index in [2.05, 4.69) is 5.32 Å². The van der Waals surface area contributed by atoms with Gasteiger partial charge in [-0.2, -0.15) is 0 Å². The summed E-state index contributed by atoms with van der Waals surface area (Å²) < 4.78 is 0. The van der Waals surface area contributed by atoms with Gasteiger partial charge in [-0.05, 0) is 6.92 Å². The van der Waals surface area contributed by atoms with Crippen LogP contribution >= 0.6 is 0 Å². The molecule has 1 fully saturated rings. The third kappa shape index (κ3) is 0.710. The largest absolute Gasteiger partial charge is 0.479 e. The van der Waals surface area contributed by atoms with Gasteiger partial charge in [-0.25, -0.2) is 4.79 Å². The smallest absolute Gasteiger partial charge is 0.338 e. The average molecular weight is 131 g/mol. The van der Waals surface area contributed by atoms with Crippen LogP contribution in [0, 0.1) is 0 Å². The summed E-state index contributed by atoms with van der Waals surface area (Å²) in [6.45, 7) is 1.79. The van der Waals surface area contributed by atoms with Gasteiger partial charge < -0.3 is 15.5 Å². The van der Waals surface area contributed by atoms with Crippen LogP contribution in [0.25, 0.3) is 0 Å². The molecule has 0 aromatic carbocycles. The second-order valence-corrected chi connectivity index (χ2v) is 2.33. The zero-order valence-electron chi connectivity index (χ0n) is 5.09. The molecule has 0 aromatic heterocycles. The van der Waals surface area contributed by atoms with Gasteiger partial charge in [0.15, 0.2) is 5.60 Å². The Bertz CT molecular complexity index is 147. The minimum absolute atomic E-state index is 0.156. The molecule has 4 nitrogen and oxygen atoms in total. The molecule has 0 spiro atoms. The highest BCUT2D eigenvalue weighted by Crippen LogP contribution is 2.17. The van der Waals surface area contributed by atoms with E-state index in [0.717, 1.165) is 0 Å². The van der Waals surface area contributed by atoms with Gasteiger partial charge in [-0.1, -0.05) is 0 Å². The molecule has 0 radical (unpaired) electrons. The van der Waals surface area contributed by atoms with E-state index >= 15 is 0 Å². The van der Waals surface area contributed by atoms with Crippen molar-refractivity contribution in [1.29, 1.82) is 0 Å². The van der Waals surface area contributed by atoms with Crippen molar-refractivity contribution >= 4 is 5.97 Å². The van der Waals surface area contributed by atoms with Crippen molar-refractivity contribution < 1.29 is 15.0 Å². The summed E-state index contributed by atoms with van der Waals surface area (Å²) >= 11 is 0. The molecule has 52 valence electrons. The van der Waals surface area contributed by atoms with E-state index in [1.54, 1.807) is 6.92 Å². The summed E-state index contributed by atoms with van der Waals surface area (Å²) in [6, 6.07) is -0.324. The maximum Gasteiger partial charge on any atom is 0.338 e. The lowest BCUT2D eigenvalue weighted by Crippen LogP contribution is -2.70. The van der Waals surface area contributed by atoms with E-state index < -0.39 is 11.6 Å². The minimum atomic E-state index is -1.51. The number of rotatable bonds is 1. The van der Waals surface area contributed by atoms with Gasteiger partial charge >= 0.3 is 5.97 Å². The zero-order chi connectivity index (χ0) is 7.07. The predicted octanol–water partition coefficient (Wildman–Crippen LogP) is -1.21. The molecule has 3 N–H and O–H groups in total. The highest BCUT2D eigenvalue weighted by molar-refractivity contribution is 5.79. The summed E-state index contributed by atoms with van der Waals surface area (Å²) in [5.74, 6) is -1.14. The Labute approximate surface area is 52.5 Å². The highest BCUT2D eigenvalue weighted by Gasteiger charge is 2.49. The molecule has 2 unspecified atom stereocenters. The van der Waals surface area contributed by atoms with Gasteiger partial charge in [0.2, 0.25) is 0 Å². The number of hydrogen-bond acceptors (Lipinski definition) is 3. The van der Waals surface area contributed by atoms with Crippen LogP contribution in [0.5, 0.6) is 0 Å². The molecule has 1 rings (SSSR count). The van der Waals surface area contributed by atoms with Crippen LogP contribution in [0.4, 0.5) is 0 Å². The molecule has 0 aromatic rings. The number of carboxylic acid groups (broad SMARTS) is 1. The van der Waals surface area contributed by atoms with Gasteiger partial charge in [-0.3, -0.25) is 0 Å². The Kier molecular flexibility index (Phi) is 1.22. The van der Waals surface area contributed by atoms with E-state index in [4.69, 9.17) is 10.2 Å². The maximum absolute atomic E-state index is 10.2. The van der Waals surface area contributed by atoms with Crippen molar-refractivity contribution in [3.63, 3.8) is 0 Å². The van der Waals surface area contributed by atoms with Gasteiger partial charge in [0.1, 0.15) is 0 Å². The molecule has 0 bridgehead atoms. The number of nitrogens with one attached hydrogen (secondary N) is 1. The van der Waals surface area contributed by atoms with Crippen LogP contribution in [-0.2, 0) is 4.79 Å². The van der Waals surface area contributed by atoms with E-state index in [1.807, 2.05) is 0 Å². The molecule has 1 saturated heterocycles. The second kappa shape index (κ2) is 1.68. The molecule has 9 heavy (non-hydrogen) atoms. The Balaban J connectivity index is 2.64. The number of carbonyl (C=O) groups is 1. The van der Waals surface area contributed by atoms with Crippen molar-refractivity contribution in [2.45, 2.75) is 18.6 Å². The molecule has 1 aliphatic rings. The van der Waals surface area contributed by atoms with E-state index in [-0.39, 0.29) is 12.6 Å². The van der Waals surface area contributed by atoms with Crippen molar-refractivity contribution in [3.8, 4) is 0 Å². The summed E-state index contributed by atoms with van der Waals surface area (Å²) in [7, 11) is 0. The molecular weight excluding hydrogens is 122 g/mol. The van der Waals surface area contributed by atoms with E-state index in [0.29, 0.717) is 0 Å². The highest BCUT2D eigenvalue weighted by atomic mass is 16.4. The lowest BCUT2D eigenvalue weighted by atomic mass is 9.88. The first kappa shape index (κ1) is 6.51. The van der Waals surface area contributed by atoms with Crippen molar-refractivity contribution in [1.82, 2.24) is 5.32 Å². The van der Waals surface area contributed by atoms with Crippen LogP contribution < -0.4 is 5.32 Å². The molecular formula is C5H9NO3. The molecule has 1 aliphatic heterocycles. The Morgan fingerprint density at radius 3 is 2.44 bits per heavy atom. The van der Waals surface area contributed by atoms with Gasteiger partial charge in [0.25, 0.3) is 0 Å². The molecule has 2 atom stereocenters. The van der Waals surface area contributed by atoms with Crippen molar-refractivity contribution in [3.05, 3.63) is 0 Å². The van der Waals surface area contributed by atoms with Gasteiger partial charge in [0.05, 0.1) is 0 Å². The topological polar surface area (TPSA) is 69.6 Å².